The molecule has 1 fully saturated rings. The molecule has 0 bridgehead atoms. The Bertz CT molecular complexity index is 224. The summed E-state index contributed by atoms with van der Waals surface area (Å²) in [6.45, 7) is 0. The van der Waals surface area contributed by atoms with Crippen molar-refractivity contribution in [3.63, 3.8) is 0 Å². The SMILES string of the molecule is C1=C[C@@H]2[C@H](C1)C[C@@H]1C=CC[C@H]21. The first-order valence-electron chi connectivity index (χ1n) is 4.78. The highest BCUT2D eigenvalue weighted by molar-refractivity contribution is 5.16. The average Bonchev–Trinajstić information content (AvgIpc) is 2.52. The van der Waals surface area contributed by atoms with Crippen molar-refractivity contribution in [3.05, 3.63) is 24.3 Å². The van der Waals surface area contributed by atoms with Crippen molar-refractivity contribution in [2.75, 3.05) is 0 Å². The Labute approximate surface area is 68.0 Å². The minimum absolute atomic E-state index is 0.954. The largest absolute Gasteiger partial charge is 0.0879 e. The number of allylic oxidation sites excluding steroid dienone is 4. The zero-order valence-corrected chi connectivity index (χ0v) is 6.74. The summed E-state index contributed by atoms with van der Waals surface area (Å²) in [5, 5.41) is 0. The van der Waals surface area contributed by atoms with Crippen molar-refractivity contribution in [2.45, 2.75) is 19.3 Å². The van der Waals surface area contributed by atoms with Crippen molar-refractivity contribution in [1.82, 2.24) is 0 Å². The van der Waals surface area contributed by atoms with Crippen LogP contribution in [-0.4, -0.2) is 0 Å². The molecule has 0 aromatic carbocycles. The topological polar surface area (TPSA) is 0 Å². The maximum atomic E-state index is 2.47. The summed E-state index contributed by atoms with van der Waals surface area (Å²) in [5.41, 5.74) is 0. The second-order valence-electron chi connectivity index (χ2n) is 4.23. The normalized spacial score (nSPS) is 51.6. The van der Waals surface area contributed by atoms with Gasteiger partial charge in [0.1, 0.15) is 0 Å². The molecule has 0 N–H and O–H groups in total. The molecule has 0 saturated heterocycles. The van der Waals surface area contributed by atoms with Gasteiger partial charge in [-0.15, -0.1) is 0 Å². The smallest absolute Gasteiger partial charge is 0.0165 e. The summed E-state index contributed by atoms with van der Waals surface area (Å²) in [5.74, 6) is 3.93. The summed E-state index contributed by atoms with van der Waals surface area (Å²) in [6.07, 6.45) is 13.9. The Morgan fingerprint density at radius 1 is 1.00 bits per heavy atom. The molecule has 0 nitrogen and oxygen atoms in total. The van der Waals surface area contributed by atoms with Crippen LogP contribution in [0.1, 0.15) is 19.3 Å². The number of fused-ring (bicyclic) bond motifs is 3. The quantitative estimate of drug-likeness (QED) is 0.461. The van der Waals surface area contributed by atoms with Gasteiger partial charge in [-0.25, -0.2) is 0 Å². The number of hydrogen-bond acceptors (Lipinski definition) is 0. The van der Waals surface area contributed by atoms with Gasteiger partial charge in [0.05, 0.1) is 0 Å². The lowest BCUT2D eigenvalue weighted by molar-refractivity contribution is 0.396. The lowest BCUT2D eigenvalue weighted by Gasteiger charge is -2.14. The molecule has 3 aliphatic rings. The summed E-state index contributed by atoms with van der Waals surface area (Å²) in [7, 11) is 0. The maximum Gasteiger partial charge on any atom is -0.0165 e. The Balaban J connectivity index is 1.92. The van der Waals surface area contributed by atoms with Crippen molar-refractivity contribution >= 4 is 0 Å². The van der Waals surface area contributed by atoms with Gasteiger partial charge < -0.3 is 0 Å². The zero-order chi connectivity index (χ0) is 7.26. The van der Waals surface area contributed by atoms with E-state index >= 15 is 0 Å². The second kappa shape index (κ2) is 2.00. The molecule has 4 atom stereocenters. The second-order valence-corrected chi connectivity index (χ2v) is 4.23. The molecule has 0 aromatic rings. The van der Waals surface area contributed by atoms with Gasteiger partial charge in [-0.1, -0.05) is 24.3 Å². The first kappa shape index (κ1) is 6.05. The molecule has 0 heterocycles. The molecule has 11 heavy (non-hydrogen) atoms. The standard InChI is InChI=1S/C11H14/c1-3-8-7-9-4-2-6-11(9)10(8)5-1/h1-3,6,8-11H,4-5,7H2/t8-,9+,10-,11+/m0/s1. The summed E-state index contributed by atoms with van der Waals surface area (Å²) < 4.78 is 0. The first-order valence-corrected chi connectivity index (χ1v) is 4.78. The van der Waals surface area contributed by atoms with E-state index in [1.807, 2.05) is 0 Å². The average molecular weight is 146 g/mol. The predicted molar refractivity (Wildman–Crippen MR) is 46.1 cm³/mol. The fourth-order valence-electron chi connectivity index (χ4n) is 3.24. The highest BCUT2D eigenvalue weighted by Crippen LogP contribution is 2.51. The third-order valence-corrected chi connectivity index (χ3v) is 3.75. The van der Waals surface area contributed by atoms with Crippen molar-refractivity contribution < 1.29 is 0 Å². The van der Waals surface area contributed by atoms with E-state index in [4.69, 9.17) is 0 Å². The van der Waals surface area contributed by atoms with E-state index in [2.05, 4.69) is 24.3 Å². The van der Waals surface area contributed by atoms with Crippen LogP contribution in [0.25, 0.3) is 0 Å². The monoisotopic (exact) mass is 146 g/mol. The van der Waals surface area contributed by atoms with Crippen LogP contribution < -0.4 is 0 Å². The Morgan fingerprint density at radius 3 is 2.91 bits per heavy atom. The maximum absolute atomic E-state index is 2.47. The molecule has 0 aliphatic heterocycles. The van der Waals surface area contributed by atoms with E-state index in [1.54, 1.807) is 0 Å². The van der Waals surface area contributed by atoms with Gasteiger partial charge in [-0.2, -0.15) is 0 Å². The van der Waals surface area contributed by atoms with Gasteiger partial charge in [-0.05, 0) is 42.9 Å². The van der Waals surface area contributed by atoms with Crippen LogP contribution in [0.15, 0.2) is 24.3 Å². The predicted octanol–water partition coefficient (Wildman–Crippen LogP) is 2.77. The molecule has 0 radical (unpaired) electrons. The van der Waals surface area contributed by atoms with Gasteiger partial charge in [0, 0.05) is 0 Å². The Morgan fingerprint density at radius 2 is 1.91 bits per heavy atom. The fraction of sp³-hybridized carbons (Fsp3) is 0.636. The van der Waals surface area contributed by atoms with Crippen LogP contribution in [0.3, 0.4) is 0 Å². The zero-order valence-electron chi connectivity index (χ0n) is 6.74. The molecule has 0 aromatic heterocycles. The fourth-order valence-corrected chi connectivity index (χ4v) is 3.24. The lowest BCUT2D eigenvalue weighted by atomic mass is 9.90. The molecule has 0 heteroatoms. The molecule has 0 unspecified atom stereocenters. The number of hydrogen-bond donors (Lipinski definition) is 0. The highest BCUT2D eigenvalue weighted by Gasteiger charge is 2.42. The minimum atomic E-state index is 0.954. The van der Waals surface area contributed by atoms with Crippen LogP contribution >= 0.6 is 0 Å². The molecule has 0 spiro atoms. The van der Waals surface area contributed by atoms with Crippen molar-refractivity contribution in [2.24, 2.45) is 23.7 Å². The molecule has 58 valence electrons. The van der Waals surface area contributed by atoms with Gasteiger partial charge >= 0.3 is 0 Å². The van der Waals surface area contributed by atoms with Gasteiger partial charge in [0.25, 0.3) is 0 Å². The molecule has 0 amide bonds. The van der Waals surface area contributed by atoms with Crippen LogP contribution in [0, 0.1) is 23.7 Å². The molecular formula is C11H14. The summed E-state index contributed by atoms with van der Waals surface area (Å²) >= 11 is 0. The van der Waals surface area contributed by atoms with Crippen LogP contribution in [0.4, 0.5) is 0 Å². The van der Waals surface area contributed by atoms with Crippen LogP contribution in [0.2, 0.25) is 0 Å². The van der Waals surface area contributed by atoms with E-state index in [0.717, 1.165) is 23.7 Å². The molecule has 3 aliphatic carbocycles. The molecular weight excluding hydrogens is 132 g/mol. The summed E-state index contributed by atoms with van der Waals surface area (Å²) in [4.78, 5) is 0. The van der Waals surface area contributed by atoms with E-state index in [9.17, 15) is 0 Å². The van der Waals surface area contributed by atoms with E-state index in [1.165, 1.54) is 19.3 Å². The van der Waals surface area contributed by atoms with E-state index < -0.39 is 0 Å². The molecule has 3 rings (SSSR count). The van der Waals surface area contributed by atoms with Crippen LogP contribution in [0.5, 0.6) is 0 Å². The van der Waals surface area contributed by atoms with Gasteiger partial charge in [0.2, 0.25) is 0 Å². The third kappa shape index (κ3) is 0.702. The number of rotatable bonds is 0. The highest BCUT2D eigenvalue weighted by atomic mass is 14.5. The summed E-state index contributed by atoms with van der Waals surface area (Å²) in [6, 6.07) is 0. The van der Waals surface area contributed by atoms with Crippen molar-refractivity contribution in [3.8, 4) is 0 Å². The lowest BCUT2D eigenvalue weighted by Crippen LogP contribution is -2.08. The third-order valence-electron chi connectivity index (χ3n) is 3.75. The Hall–Kier alpha value is -0.520. The van der Waals surface area contributed by atoms with Crippen LogP contribution in [-0.2, 0) is 0 Å². The van der Waals surface area contributed by atoms with Crippen molar-refractivity contribution in [1.29, 1.82) is 0 Å². The van der Waals surface area contributed by atoms with E-state index in [-0.39, 0.29) is 0 Å². The van der Waals surface area contributed by atoms with E-state index in [0.29, 0.717) is 0 Å². The Kier molecular flexibility index (Phi) is 1.10. The molecule has 1 saturated carbocycles. The van der Waals surface area contributed by atoms with Gasteiger partial charge in [-0.3, -0.25) is 0 Å². The first-order chi connectivity index (χ1) is 5.45. The van der Waals surface area contributed by atoms with Gasteiger partial charge in [0.15, 0.2) is 0 Å². The minimum Gasteiger partial charge on any atom is -0.0879 e.